The minimum atomic E-state index is -0.986. The number of thioether (sulfide) groups is 1. The van der Waals surface area contributed by atoms with E-state index in [1.54, 1.807) is 0 Å². The smallest absolute Gasteiger partial charge is 0.328 e. The van der Waals surface area contributed by atoms with Crippen LogP contribution in [0.5, 0.6) is 0 Å². The molecule has 0 atom stereocenters. The van der Waals surface area contributed by atoms with Crippen molar-refractivity contribution in [1.29, 1.82) is 0 Å². The standard InChI is InChI=1S/C5H5N3O2S2/c6-4-7-8-5(12-4)11-2-1-3(9)10/h1-2H,(H2,6,7)(H,9,10). The maximum atomic E-state index is 10.0. The highest BCUT2D eigenvalue weighted by Gasteiger charge is 1.98. The van der Waals surface area contributed by atoms with Gasteiger partial charge in [-0.1, -0.05) is 23.1 Å². The highest BCUT2D eigenvalue weighted by Crippen LogP contribution is 2.23. The molecule has 1 rings (SSSR count). The van der Waals surface area contributed by atoms with Gasteiger partial charge in [-0.05, 0) is 5.41 Å². The van der Waals surface area contributed by atoms with Gasteiger partial charge in [0.2, 0.25) is 5.13 Å². The number of anilines is 1. The van der Waals surface area contributed by atoms with E-state index in [1.165, 1.54) is 28.5 Å². The monoisotopic (exact) mass is 203 g/mol. The summed E-state index contributed by atoms with van der Waals surface area (Å²) < 4.78 is 0.630. The van der Waals surface area contributed by atoms with E-state index in [-0.39, 0.29) is 0 Å². The van der Waals surface area contributed by atoms with E-state index in [4.69, 9.17) is 10.8 Å². The second kappa shape index (κ2) is 4.07. The van der Waals surface area contributed by atoms with Crippen molar-refractivity contribution in [3.63, 3.8) is 0 Å². The Kier molecular flexibility index (Phi) is 3.06. The first-order valence-electron chi connectivity index (χ1n) is 2.83. The van der Waals surface area contributed by atoms with Crippen LogP contribution in [0.3, 0.4) is 0 Å². The molecule has 0 bridgehead atoms. The molecule has 0 amide bonds. The van der Waals surface area contributed by atoms with Crippen molar-refractivity contribution in [3.8, 4) is 0 Å². The normalized spacial score (nSPS) is 10.7. The van der Waals surface area contributed by atoms with Crippen molar-refractivity contribution >= 4 is 34.2 Å². The number of aromatic nitrogens is 2. The van der Waals surface area contributed by atoms with Crippen LogP contribution in [0.4, 0.5) is 5.13 Å². The molecule has 0 saturated carbocycles. The number of nitrogens with two attached hydrogens (primary N) is 1. The quantitative estimate of drug-likeness (QED) is 0.558. The Bertz CT molecular complexity index is 309. The van der Waals surface area contributed by atoms with Crippen LogP contribution in [0.15, 0.2) is 15.8 Å². The van der Waals surface area contributed by atoms with Crippen molar-refractivity contribution in [2.24, 2.45) is 0 Å². The van der Waals surface area contributed by atoms with Gasteiger partial charge in [-0.15, -0.1) is 10.2 Å². The fraction of sp³-hybridized carbons (Fsp3) is 0. The third-order valence-electron chi connectivity index (χ3n) is 0.802. The molecule has 0 aliphatic carbocycles. The molecule has 0 radical (unpaired) electrons. The van der Waals surface area contributed by atoms with Gasteiger partial charge in [0, 0.05) is 6.08 Å². The van der Waals surface area contributed by atoms with Crippen LogP contribution in [0.1, 0.15) is 0 Å². The number of nitrogens with zero attached hydrogens (tertiary/aromatic N) is 2. The molecule has 0 spiro atoms. The highest BCUT2D eigenvalue weighted by atomic mass is 32.2. The van der Waals surface area contributed by atoms with Gasteiger partial charge in [0.25, 0.3) is 0 Å². The summed E-state index contributed by atoms with van der Waals surface area (Å²) in [4.78, 5) is 10.0. The summed E-state index contributed by atoms with van der Waals surface area (Å²) in [7, 11) is 0. The van der Waals surface area contributed by atoms with Crippen LogP contribution >= 0.6 is 23.1 Å². The minimum absolute atomic E-state index is 0.376. The number of hydrogen-bond donors (Lipinski definition) is 2. The fourth-order valence-corrected chi connectivity index (χ4v) is 1.76. The predicted octanol–water partition coefficient (Wildman–Crippen LogP) is 0.811. The molecule has 64 valence electrons. The topological polar surface area (TPSA) is 89.1 Å². The summed E-state index contributed by atoms with van der Waals surface area (Å²) in [5.41, 5.74) is 5.30. The number of carbonyl (C=O) groups is 1. The molecule has 12 heavy (non-hydrogen) atoms. The summed E-state index contributed by atoms with van der Waals surface area (Å²) in [6, 6.07) is 0. The van der Waals surface area contributed by atoms with Crippen LogP contribution in [-0.2, 0) is 4.79 Å². The van der Waals surface area contributed by atoms with E-state index in [1.807, 2.05) is 0 Å². The van der Waals surface area contributed by atoms with Crippen molar-refractivity contribution in [2.45, 2.75) is 4.34 Å². The molecule has 1 aromatic rings. The second-order valence-corrected chi connectivity index (χ2v) is 3.83. The minimum Gasteiger partial charge on any atom is -0.478 e. The first kappa shape index (κ1) is 9.01. The van der Waals surface area contributed by atoms with Crippen LogP contribution in [-0.4, -0.2) is 21.3 Å². The van der Waals surface area contributed by atoms with Crippen LogP contribution in [0.2, 0.25) is 0 Å². The molecule has 1 aromatic heterocycles. The number of carboxylic acid groups (broad SMARTS) is 1. The van der Waals surface area contributed by atoms with Crippen LogP contribution in [0.25, 0.3) is 0 Å². The number of aliphatic carboxylic acids is 1. The molecule has 0 fully saturated rings. The molecule has 7 heteroatoms. The average Bonchev–Trinajstić information content (AvgIpc) is 2.35. The number of rotatable bonds is 3. The third-order valence-corrected chi connectivity index (χ3v) is 2.44. The Balaban J connectivity index is 2.48. The van der Waals surface area contributed by atoms with Gasteiger partial charge in [0.1, 0.15) is 0 Å². The predicted molar refractivity (Wildman–Crippen MR) is 47.0 cm³/mol. The van der Waals surface area contributed by atoms with E-state index < -0.39 is 5.97 Å². The molecular formula is C5H5N3O2S2. The summed E-state index contributed by atoms with van der Waals surface area (Å²) in [6.07, 6.45) is 1.03. The van der Waals surface area contributed by atoms with E-state index in [0.29, 0.717) is 9.47 Å². The molecule has 3 N–H and O–H groups in total. The molecule has 0 aliphatic rings. The van der Waals surface area contributed by atoms with Gasteiger partial charge >= 0.3 is 5.97 Å². The highest BCUT2D eigenvalue weighted by molar-refractivity contribution is 8.03. The van der Waals surface area contributed by atoms with Gasteiger partial charge in [-0.25, -0.2) is 4.79 Å². The lowest BCUT2D eigenvalue weighted by molar-refractivity contribution is -0.131. The summed E-state index contributed by atoms with van der Waals surface area (Å²) in [5.74, 6) is -0.986. The maximum Gasteiger partial charge on any atom is 0.328 e. The maximum absolute atomic E-state index is 10.0. The number of hydrogen-bond acceptors (Lipinski definition) is 6. The summed E-state index contributed by atoms with van der Waals surface area (Å²) >= 11 is 2.39. The Morgan fingerprint density at radius 1 is 1.67 bits per heavy atom. The first-order valence-corrected chi connectivity index (χ1v) is 4.53. The lowest BCUT2D eigenvalue weighted by Crippen LogP contribution is -1.84. The van der Waals surface area contributed by atoms with E-state index in [0.717, 1.165) is 6.08 Å². The Hall–Kier alpha value is -1.08. The average molecular weight is 203 g/mol. The number of nitrogen functional groups attached to an aromatic ring is 1. The zero-order chi connectivity index (χ0) is 8.97. The zero-order valence-corrected chi connectivity index (χ0v) is 7.43. The van der Waals surface area contributed by atoms with Crippen molar-refractivity contribution < 1.29 is 9.90 Å². The van der Waals surface area contributed by atoms with Gasteiger partial charge in [0.05, 0.1) is 0 Å². The van der Waals surface area contributed by atoms with Crippen molar-refractivity contribution in [3.05, 3.63) is 11.5 Å². The second-order valence-electron chi connectivity index (χ2n) is 1.67. The Labute approximate surface area is 76.3 Å². The summed E-state index contributed by atoms with van der Waals surface area (Å²) in [5, 5.41) is 17.3. The van der Waals surface area contributed by atoms with E-state index in [9.17, 15) is 4.79 Å². The molecular weight excluding hydrogens is 198 g/mol. The third kappa shape index (κ3) is 2.89. The van der Waals surface area contributed by atoms with Crippen LogP contribution < -0.4 is 5.73 Å². The fourth-order valence-electron chi connectivity index (χ4n) is 0.418. The lowest BCUT2D eigenvalue weighted by Gasteiger charge is -1.81. The van der Waals surface area contributed by atoms with Gasteiger partial charge < -0.3 is 10.8 Å². The molecule has 5 nitrogen and oxygen atoms in total. The van der Waals surface area contributed by atoms with Crippen molar-refractivity contribution in [2.75, 3.05) is 5.73 Å². The number of carboxylic acids is 1. The van der Waals surface area contributed by atoms with E-state index in [2.05, 4.69) is 10.2 Å². The lowest BCUT2D eigenvalue weighted by atomic mass is 10.7. The molecule has 1 heterocycles. The molecule has 0 saturated heterocycles. The van der Waals surface area contributed by atoms with Gasteiger partial charge in [-0.3, -0.25) is 0 Å². The van der Waals surface area contributed by atoms with E-state index >= 15 is 0 Å². The van der Waals surface area contributed by atoms with Gasteiger partial charge in [0.15, 0.2) is 4.34 Å². The first-order chi connectivity index (χ1) is 5.68. The molecule has 0 aliphatic heterocycles. The van der Waals surface area contributed by atoms with Crippen LogP contribution in [0, 0.1) is 0 Å². The molecule has 0 unspecified atom stereocenters. The van der Waals surface area contributed by atoms with Gasteiger partial charge in [-0.2, -0.15) is 0 Å². The van der Waals surface area contributed by atoms with Crippen molar-refractivity contribution in [1.82, 2.24) is 10.2 Å². The largest absolute Gasteiger partial charge is 0.478 e. The SMILES string of the molecule is Nc1nnc(SC=CC(=O)O)s1. The molecule has 0 aromatic carbocycles. The Morgan fingerprint density at radius 2 is 2.42 bits per heavy atom. The Morgan fingerprint density at radius 3 is 2.92 bits per heavy atom. The zero-order valence-electron chi connectivity index (χ0n) is 5.80. The summed E-state index contributed by atoms with van der Waals surface area (Å²) in [6.45, 7) is 0.